The number of carbonyl (C=O) groups excluding carboxylic acids is 3. The molecule has 5 aliphatic rings. The van der Waals surface area contributed by atoms with Crippen molar-refractivity contribution in [3.05, 3.63) is 11.6 Å². The van der Waals surface area contributed by atoms with Crippen molar-refractivity contribution < 1.29 is 28.6 Å². The Morgan fingerprint density at radius 2 is 1.41 bits per heavy atom. The van der Waals surface area contributed by atoms with Gasteiger partial charge >= 0.3 is 17.9 Å². The van der Waals surface area contributed by atoms with E-state index >= 15 is 0 Å². The van der Waals surface area contributed by atoms with E-state index in [1.807, 2.05) is 0 Å². The topological polar surface area (TPSA) is 78.9 Å². The second-order valence-corrected chi connectivity index (χ2v) is 16.5. The molecule has 0 aromatic heterocycles. The van der Waals surface area contributed by atoms with E-state index < -0.39 is 11.5 Å². The van der Waals surface area contributed by atoms with Gasteiger partial charge in [0.1, 0.15) is 17.6 Å². The van der Waals surface area contributed by atoms with Crippen LogP contribution in [0, 0.1) is 50.2 Å². The van der Waals surface area contributed by atoms with Crippen molar-refractivity contribution in [3.8, 4) is 0 Å². The Labute approximate surface area is 247 Å². The van der Waals surface area contributed by atoms with E-state index in [1.54, 1.807) is 0 Å². The van der Waals surface area contributed by atoms with E-state index in [4.69, 9.17) is 14.2 Å². The van der Waals surface area contributed by atoms with E-state index in [-0.39, 0.29) is 57.0 Å². The Balaban J connectivity index is 1.62. The van der Waals surface area contributed by atoms with Gasteiger partial charge in [0.2, 0.25) is 0 Å². The van der Waals surface area contributed by atoms with Crippen LogP contribution < -0.4 is 0 Å². The molecule has 5 aliphatic carbocycles. The van der Waals surface area contributed by atoms with Gasteiger partial charge in [-0.15, -0.1) is 0 Å². The van der Waals surface area contributed by atoms with Gasteiger partial charge in [-0.25, -0.2) is 0 Å². The van der Waals surface area contributed by atoms with Crippen molar-refractivity contribution in [1.29, 1.82) is 0 Å². The third-order valence-electron chi connectivity index (χ3n) is 13.8. The maximum absolute atomic E-state index is 13.8. The van der Waals surface area contributed by atoms with Crippen LogP contribution in [0.3, 0.4) is 0 Å². The zero-order chi connectivity index (χ0) is 30.4. The van der Waals surface area contributed by atoms with Crippen LogP contribution in [0.1, 0.15) is 120 Å². The summed E-state index contributed by atoms with van der Waals surface area (Å²) in [4.78, 5) is 38.4. The lowest BCUT2D eigenvalue weighted by molar-refractivity contribution is -0.227. The van der Waals surface area contributed by atoms with E-state index in [2.05, 4.69) is 54.5 Å². The molecule has 4 fully saturated rings. The van der Waals surface area contributed by atoms with E-state index in [0.29, 0.717) is 24.7 Å². The molecule has 230 valence electrons. The number of allylic oxidation sites excluding steroid dienone is 2. The van der Waals surface area contributed by atoms with Crippen LogP contribution in [0.2, 0.25) is 0 Å². The first-order valence-corrected chi connectivity index (χ1v) is 16.0. The summed E-state index contributed by atoms with van der Waals surface area (Å²) in [6.07, 6.45) is 10.1. The minimum atomic E-state index is -0.838. The summed E-state index contributed by atoms with van der Waals surface area (Å²) < 4.78 is 17.6. The zero-order valence-corrected chi connectivity index (χ0v) is 27.3. The van der Waals surface area contributed by atoms with Crippen molar-refractivity contribution in [2.24, 2.45) is 50.2 Å². The fourth-order valence-corrected chi connectivity index (χ4v) is 11.6. The largest absolute Gasteiger partial charge is 0.468 e. The minimum absolute atomic E-state index is 0.0127. The van der Waals surface area contributed by atoms with Gasteiger partial charge in [-0.2, -0.15) is 0 Å². The van der Waals surface area contributed by atoms with Crippen molar-refractivity contribution in [2.45, 2.75) is 132 Å². The van der Waals surface area contributed by atoms with Gasteiger partial charge in [-0.05, 0) is 91.3 Å². The molecular formula is C35H54O6. The van der Waals surface area contributed by atoms with E-state index in [1.165, 1.54) is 26.5 Å². The fraction of sp³-hybridized carbons (Fsp3) is 0.857. The summed E-state index contributed by atoms with van der Waals surface area (Å²) in [5.41, 5.74) is 0.417. The fourth-order valence-electron chi connectivity index (χ4n) is 11.6. The maximum atomic E-state index is 13.8. The number of carbonyl (C=O) groups is 3. The van der Waals surface area contributed by atoms with Gasteiger partial charge in [0, 0.05) is 25.2 Å². The molecule has 0 spiro atoms. The minimum Gasteiger partial charge on any atom is -0.468 e. The maximum Gasteiger partial charge on any atom is 0.316 e. The van der Waals surface area contributed by atoms with Gasteiger partial charge in [0.05, 0.1) is 7.11 Å². The molecule has 6 nitrogen and oxygen atoms in total. The highest BCUT2D eigenvalue weighted by Crippen LogP contribution is 2.76. The molecule has 0 heterocycles. The van der Waals surface area contributed by atoms with Crippen LogP contribution in [-0.4, -0.2) is 37.2 Å². The van der Waals surface area contributed by atoms with Crippen molar-refractivity contribution in [3.63, 3.8) is 0 Å². The molecule has 41 heavy (non-hydrogen) atoms. The van der Waals surface area contributed by atoms with Crippen LogP contribution in [0.15, 0.2) is 11.6 Å². The smallest absolute Gasteiger partial charge is 0.316 e. The monoisotopic (exact) mass is 570 g/mol. The number of fused-ring (bicyclic) bond motifs is 7. The van der Waals surface area contributed by atoms with Crippen LogP contribution >= 0.6 is 0 Å². The Bertz CT molecular complexity index is 1150. The molecule has 3 unspecified atom stereocenters. The average molecular weight is 571 g/mol. The standard InChI is InChI=1S/C35H54O6/c1-21(36)40-27-14-15-32(7)25(31(27,5)6)13-16-33(8)26(32)12-11-23-24-19-30(3,4)17-18-35(24,29(38)39-10)28(41-22(2)37)20-34(23,33)9/h11,24-28H,12-20H2,1-10H3/t24?,25?,26?,27-,28+,32-,33+,34+,35+/m0/s1. The molecule has 0 radical (unpaired) electrons. The Hall–Kier alpha value is -1.85. The predicted octanol–water partition coefficient (Wildman–Crippen LogP) is 7.43. The van der Waals surface area contributed by atoms with Gasteiger partial charge < -0.3 is 14.2 Å². The van der Waals surface area contributed by atoms with Crippen LogP contribution in [-0.2, 0) is 28.6 Å². The van der Waals surface area contributed by atoms with E-state index in [0.717, 1.165) is 44.9 Å². The summed E-state index contributed by atoms with van der Waals surface area (Å²) in [6, 6.07) is 0. The number of esters is 3. The number of ether oxygens (including phenoxy) is 3. The number of hydrogen-bond donors (Lipinski definition) is 0. The van der Waals surface area contributed by atoms with Gasteiger partial charge in [0.25, 0.3) is 0 Å². The molecule has 0 aromatic carbocycles. The third-order valence-corrected chi connectivity index (χ3v) is 13.8. The molecule has 0 amide bonds. The first-order chi connectivity index (χ1) is 18.9. The molecule has 0 aliphatic heterocycles. The lowest BCUT2D eigenvalue weighted by atomic mass is 9.33. The molecule has 0 bridgehead atoms. The van der Waals surface area contributed by atoms with Crippen molar-refractivity contribution in [2.75, 3.05) is 7.11 Å². The number of rotatable bonds is 3. The molecule has 0 saturated heterocycles. The second kappa shape index (κ2) is 9.58. The third kappa shape index (κ3) is 4.18. The summed E-state index contributed by atoms with van der Waals surface area (Å²) in [5.74, 6) is 0.146. The van der Waals surface area contributed by atoms with Gasteiger partial charge in [-0.3, -0.25) is 14.4 Å². The number of methoxy groups -OCH3 is 1. The number of hydrogen-bond acceptors (Lipinski definition) is 6. The van der Waals surface area contributed by atoms with Crippen LogP contribution in [0.5, 0.6) is 0 Å². The average Bonchev–Trinajstić information content (AvgIpc) is 2.85. The quantitative estimate of drug-likeness (QED) is 0.199. The summed E-state index contributed by atoms with van der Waals surface area (Å²) in [6.45, 7) is 19.7. The molecule has 9 atom stereocenters. The molecule has 4 saturated carbocycles. The molecule has 0 N–H and O–H groups in total. The first-order valence-electron chi connectivity index (χ1n) is 16.0. The normalized spacial score (nSPS) is 45.9. The summed E-state index contributed by atoms with van der Waals surface area (Å²) in [5, 5.41) is 0. The highest BCUT2D eigenvalue weighted by molar-refractivity contribution is 5.80. The SMILES string of the molecule is COC(=O)[C@]12CCC(C)(C)CC1C1=CCC3[C@@]4(C)CC[C@H](OC(C)=O)C(C)(C)C4CC[C@@]3(C)[C@]1(C)C[C@H]2OC(C)=O. The molecular weight excluding hydrogens is 516 g/mol. The lowest BCUT2D eigenvalue weighted by Crippen LogP contribution is -2.68. The van der Waals surface area contributed by atoms with Crippen molar-refractivity contribution in [1.82, 2.24) is 0 Å². The van der Waals surface area contributed by atoms with E-state index in [9.17, 15) is 14.4 Å². The summed E-state index contributed by atoms with van der Waals surface area (Å²) in [7, 11) is 1.48. The van der Waals surface area contributed by atoms with Crippen molar-refractivity contribution >= 4 is 17.9 Å². The highest BCUT2D eigenvalue weighted by Gasteiger charge is 2.72. The second-order valence-electron chi connectivity index (χ2n) is 16.5. The molecule has 0 aromatic rings. The Morgan fingerprint density at radius 3 is 2.02 bits per heavy atom. The van der Waals surface area contributed by atoms with Gasteiger partial charge in [0.15, 0.2) is 0 Å². The van der Waals surface area contributed by atoms with Crippen LogP contribution in [0.25, 0.3) is 0 Å². The zero-order valence-electron chi connectivity index (χ0n) is 27.3. The highest BCUT2D eigenvalue weighted by atomic mass is 16.6. The van der Waals surface area contributed by atoms with Gasteiger partial charge in [-0.1, -0.05) is 60.1 Å². The first kappa shape index (κ1) is 30.6. The van der Waals surface area contributed by atoms with Crippen LogP contribution in [0.4, 0.5) is 0 Å². The lowest BCUT2D eigenvalue weighted by Gasteiger charge is -2.71. The summed E-state index contributed by atoms with van der Waals surface area (Å²) >= 11 is 0. The predicted molar refractivity (Wildman–Crippen MR) is 158 cm³/mol. The Kier molecular flexibility index (Phi) is 7.15. The molecule has 6 heteroatoms. The Morgan fingerprint density at radius 1 is 0.780 bits per heavy atom. The molecule has 5 rings (SSSR count).